The zero-order valence-corrected chi connectivity index (χ0v) is 12.1. The minimum atomic E-state index is 0.188. The van der Waals surface area contributed by atoms with Crippen LogP contribution >= 0.6 is 11.8 Å². The summed E-state index contributed by atoms with van der Waals surface area (Å²) < 4.78 is 0. The Kier molecular flexibility index (Phi) is 3.65. The Labute approximate surface area is 118 Å². The number of piperidine rings is 1. The van der Waals surface area contributed by atoms with Gasteiger partial charge in [0.15, 0.2) is 0 Å². The molecule has 1 aromatic carbocycles. The number of likely N-dealkylation sites (tertiary alicyclic amines) is 1. The van der Waals surface area contributed by atoms with Crippen LogP contribution in [0.25, 0.3) is 0 Å². The summed E-state index contributed by atoms with van der Waals surface area (Å²) >= 11 is 1.70. The van der Waals surface area contributed by atoms with E-state index in [0.717, 1.165) is 31.5 Å². The second-order valence-corrected chi connectivity index (χ2v) is 6.11. The third-order valence-corrected chi connectivity index (χ3v) is 4.73. The van der Waals surface area contributed by atoms with Gasteiger partial charge in [0.1, 0.15) is 0 Å². The van der Waals surface area contributed by atoms with Crippen LogP contribution < -0.4 is 0 Å². The molecule has 1 heterocycles. The Morgan fingerprint density at radius 1 is 1.00 bits per heavy atom. The number of rotatable bonds is 2. The summed E-state index contributed by atoms with van der Waals surface area (Å²) in [6.45, 7) is 1.78. The fourth-order valence-electron chi connectivity index (χ4n) is 2.67. The molecule has 1 saturated carbocycles. The smallest absolute Gasteiger partial charge is 0.253 e. The molecule has 3 rings (SSSR count). The number of amides is 1. The number of carbonyl (C=O) groups is 1. The average molecular weight is 273 g/mol. The molecular weight excluding hydrogens is 254 g/mol. The molecule has 1 aromatic rings. The van der Waals surface area contributed by atoms with Gasteiger partial charge in [-0.2, -0.15) is 0 Å². The molecule has 0 atom stereocenters. The van der Waals surface area contributed by atoms with E-state index in [0.29, 0.717) is 0 Å². The summed E-state index contributed by atoms with van der Waals surface area (Å²) in [5.41, 5.74) is 4.11. The number of nitrogens with zero attached hydrogens (tertiary/aromatic N) is 1. The lowest BCUT2D eigenvalue weighted by molar-refractivity contribution is 0.0743. The van der Waals surface area contributed by atoms with E-state index in [4.69, 9.17) is 0 Å². The highest BCUT2D eigenvalue weighted by molar-refractivity contribution is 7.98. The van der Waals surface area contributed by atoms with Gasteiger partial charge in [0, 0.05) is 23.5 Å². The highest BCUT2D eigenvalue weighted by Gasteiger charge is 2.24. The first-order chi connectivity index (χ1) is 9.28. The van der Waals surface area contributed by atoms with Gasteiger partial charge in [-0.05, 0) is 56.2 Å². The van der Waals surface area contributed by atoms with Gasteiger partial charge in [-0.25, -0.2) is 0 Å². The molecule has 0 radical (unpaired) electrons. The van der Waals surface area contributed by atoms with Gasteiger partial charge >= 0.3 is 0 Å². The van der Waals surface area contributed by atoms with E-state index in [-0.39, 0.29) is 5.91 Å². The van der Waals surface area contributed by atoms with Crippen molar-refractivity contribution in [2.45, 2.75) is 30.6 Å². The fraction of sp³-hybridized carbons (Fsp3) is 0.438. The zero-order valence-electron chi connectivity index (χ0n) is 11.3. The molecule has 1 aliphatic heterocycles. The van der Waals surface area contributed by atoms with Gasteiger partial charge in [-0.3, -0.25) is 4.79 Å². The summed E-state index contributed by atoms with van der Waals surface area (Å²) in [5.74, 6) is 0.188. The van der Waals surface area contributed by atoms with Crippen molar-refractivity contribution in [2.24, 2.45) is 0 Å². The van der Waals surface area contributed by atoms with Crippen molar-refractivity contribution in [3.63, 3.8) is 0 Å². The second kappa shape index (κ2) is 5.41. The van der Waals surface area contributed by atoms with Crippen LogP contribution in [-0.4, -0.2) is 30.2 Å². The maximum atomic E-state index is 12.4. The molecule has 2 nitrogen and oxygen atoms in total. The predicted octanol–water partition coefficient (Wildman–Crippen LogP) is 3.73. The van der Waals surface area contributed by atoms with Crippen molar-refractivity contribution >= 4 is 17.7 Å². The van der Waals surface area contributed by atoms with E-state index >= 15 is 0 Å². The molecule has 100 valence electrons. The van der Waals surface area contributed by atoms with Gasteiger partial charge in [-0.1, -0.05) is 11.1 Å². The van der Waals surface area contributed by atoms with E-state index in [1.807, 2.05) is 35.4 Å². The van der Waals surface area contributed by atoms with Crippen molar-refractivity contribution in [2.75, 3.05) is 19.3 Å². The van der Waals surface area contributed by atoms with Crippen molar-refractivity contribution < 1.29 is 4.79 Å². The molecule has 2 aliphatic rings. The summed E-state index contributed by atoms with van der Waals surface area (Å²) in [5, 5.41) is 0. The summed E-state index contributed by atoms with van der Waals surface area (Å²) in [7, 11) is 0. The first-order valence-corrected chi connectivity index (χ1v) is 8.13. The number of thioether (sulfide) groups is 1. The zero-order chi connectivity index (χ0) is 13.2. The molecule has 0 spiro atoms. The van der Waals surface area contributed by atoms with Crippen molar-refractivity contribution in [3.05, 3.63) is 41.0 Å². The van der Waals surface area contributed by atoms with Crippen LogP contribution in [0.5, 0.6) is 0 Å². The van der Waals surface area contributed by atoms with Gasteiger partial charge in [0.25, 0.3) is 5.91 Å². The highest BCUT2D eigenvalue weighted by atomic mass is 32.2. The topological polar surface area (TPSA) is 20.3 Å². The number of hydrogen-bond donors (Lipinski definition) is 0. The molecule has 19 heavy (non-hydrogen) atoms. The Balaban J connectivity index is 1.65. The van der Waals surface area contributed by atoms with Crippen LogP contribution in [0.4, 0.5) is 0 Å². The third-order valence-electron chi connectivity index (χ3n) is 3.99. The van der Waals surface area contributed by atoms with E-state index < -0.39 is 0 Å². The Bertz CT molecular complexity index is 502. The maximum Gasteiger partial charge on any atom is 0.253 e. The van der Waals surface area contributed by atoms with Gasteiger partial charge < -0.3 is 4.90 Å². The quantitative estimate of drug-likeness (QED) is 0.604. The standard InChI is InChI=1S/C16H19NOS/c1-19-15-6-4-14(5-7-15)16(18)17-10-8-13(9-11-17)12-2-3-12/h4-7H,2-3,8-11H2,1H3. The van der Waals surface area contributed by atoms with Gasteiger partial charge in [-0.15, -0.1) is 11.8 Å². The van der Waals surface area contributed by atoms with Crippen LogP contribution in [0.15, 0.2) is 40.3 Å². The molecule has 0 N–H and O–H groups in total. The van der Waals surface area contributed by atoms with Crippen LogP contribution in [0.3, 0.4) is 0 Å². The van der Waals surface area contributed by atoms with Crippen LogP contribution in [0, 0.1) is 0 Å². The lowest BCUT2D eigenvalue weighted by atomic mass is 10.0. The Hall–Kier alpha value is -1.22. The molecule has 0 bridgehead atoms. The van der Waals surface area contributed by atoms with Crippen molar-refractivity contribution in [1.29, 1.82) is 0 Å². The lowest BCUT2D eigenvalue weighted by Crippen LogP contribution is -2.36. The molecule has 1 saturated heterocycles. The van der Waals surface area contributed by atoms with E-state index in [1.54, 1.807) is 22.9 Å². The Morgan fingerprint density at radius 2 is 1.58 bits per heavy atom. The number of benzene rings is 1. The predicted molar refractivity (Wildman–Crippen MR) is 79.6 cm³/mol. The minimum Gasteiger partial charge on any atom is -0.338 e. The van der Waals surface area contributed by atoms with E-state index in [2.05, 4.69) is 0 Å². The summed E-state index contributed by atoms with van der Waals surface area (Å²) in [4.78, 5) is 15.6. The highest BCUT2D eigenvalue weighted by Crippen LogP contribution is 2.36. The molecule has 1 aliphatic carbocycles. The van der Waals surface area contributed by atoms with Crippen LogP contribution in [-0.2, 0) is 0 Å². The fourth-order valence-corrected chi connectivity index (χ4v) is 3.07. The molecule has 0 aromatic heterocycles. The molecule has 3 heteroatoms. The monoisotopic (exact) mass is 273 g/mol. The SMILES string of the molecule is CSc1ccc(C(=O)N2CCC(=C3CC3)CC2)cc1. The normalized spacial score (nSPS) is 18.7. The van der Waals surface area contributed by atoms with Crippen LogP contribution in [0.1, 0.15) is 36.0 Å². The second-order valence-electron chi connectivity index (χ2n) is 5.23. The number of allylic oxidation sites excluding steroid dienone is 1. The number of carbonyl (C=O) groups excluding carboxylic acids is 1. The minimum absolute atomic E-state index is 0.188. The number of hydrogen-bond acceptors (Lipinski definition) is 2. The third kappa shape index (κ3) is 2.86. The molecular formula is C16H19NOS. The summed E-state index contributed by atoms with van der Waals surface area (Å²) in [6, 6.07) is 7.95. The van der Waals surface area contributed by atoms with Gasteiger partial charge in [0.2, 0.25) is 0 Å². The molecule has 1 amide bonds. The average Bonchev–Trinajstić information content (AvgIpc) is 3.31. The van der Waals surface area contributed by atoms with Crippen molar-refractivity contribution in [3.8, 4) is 0 Å². The Morgan fingerprint density at radius 3 is 2.11 bits per heavy atom. The largest absolute Gasteiger partial charge is 0.338 e. The lowest BCUT2D eigenvalue weighted by Gasteiger charge is -2.28. The summed E-state index contributed by atoms with van der Waals surface area (Å²) in [6.07, 6.45) is 6.83. The van der Waals surface area contributed by atoms with Crippen LogP contribution in [0.2, 0.25) is 0 Å². The van der Waals surface area contributed by atoms with E-state index in [1.165, 1.54) is 17.7 Å². The first-order valence-electron chi connectivity index (χ1n) is 6.91. The maximum absolute atomic E-state index is 12.4. The van der Waals surface area contributed by atoms with Gasteiger partial charge in [0.05, 0.1) is 0 Å². The van der Waals surface area contributed by atoms with Crippen molar-refractivity contribution in [1.82, 2.24) is 4.90 Å². The first kappa shape index (κ1) is 12.8. The van der Waals surface area contributed by atoms with E-state index in [9.17, 15) is 4.79 Å². The molecule has 2 fully saturated rings. The molecule has 0 unspecified atom stereocenters.